The molecule has 1 rings (SSSR count). The first-order chi connectivity index (χ1) is 5.43. The topological polar surface area (TPSA) is 15.6 Å². The number of hydrazone groups is 1. The SMILES string of the molecule is CCCCCSN1CSC=N1. The van der Waals surface area contributed by atoms with Gasteiger partial charge in [0.1, 0.15) is 0 Å². The van der Waals surface area contributed by atoms with Crippen molar-refractivity contribution in [3.63, 3.8) is 0 Å². The van der Waals surface area contributed by atoms with Gasteiger partial charge in [-0.3, -0.25) is 0 Å². The van der Waals surface area contributed by atoms with E-state index >= 15 is 0 Å². The second kappa shape index (κ2) is 5.77. The number of rotatable bonds is 5. The lowest BCUT2D eigenvalue weighted by molar-refractivity contribution is 0.605. The van der Waals surface area contributed by atoms with E-state index in [0.29, 0.717) is 0 Å². The molecule has 0 unspecified atom stereocenters. The van der Waals surface area contributed by atoms with Crippen LogP contribution in [0.5, 0.6) is 0 Å². The maximum absolute atomic E-state index is 4.17. The zero-order valence-electron chi connectivity index (χ0n) is 6.82. The van der Waals surface area contributed by atoms with Crippen LogP contribution in [0, 0.1) is 0 Å². The van der Waals surface area contributed by atoms with Crippen LogP contribution in [-0.4, -0.2) is 21.6 Å². The standard InChI is InChI=1S/C7H14N2S2/c1-2-3-4-5-11-9-7-10-6-8-9/h6H,2-5,7H2,1H3. The summed E-state index contributed by atoms with van der Waals surface area (Å²) >= 11 is 3.60. The van der Waals surface area contributed by atoms with E-state index in [9.17, 15) is 0 Å². The zero-order valence-corrected chi connectivity index (χ0v) is 8.46. The molecule has 0 fully saturated rings. The quantitative estimate of drug-likeness (QED) is 0.490. The van der Waals surface area contributed by atoms with Gasteiger partial charge in [0.2, 0.25) is 0 Å². The summed E-state index contributed by atoms with van der Waals surface area (Å²) in [7, 11) is 0. The largest absolute Gasteiger partial charge is 0.228 e. The van der Waals surface area contributed by atoms with Crippen molar-refractivity contribution in [2.45, 2.75) is 26.2 Å². The lowest BCUT2D eigenvalue weighted by atomic mass is 10.3. The molecule has 1 heterocycles. The molecule has 0 N–H and O–H groups in total. The van der Waals surface area contributed by atoms with Crippen molar-refractivity contribution in [1.82, 2.24) is 4.41 Å². The van der Waals surface area contributed by atoms with Crippen LogP contribution in [0.1, 0.15) is 26.2 Å². The molecule has 2 nitrogen and oxygen atoms in total. The Morgan fingerprint density at radius 3 is 3.18 bits per heavy atom. The molecule has 0 aliphatic carbocycles. The average molecular weight is 190 g/mol. The van der Waals surface area contributed by atoms with Crippen molar-refractivity contribution in [3.05, 3.63) is 0 Å². The van der Waals surface area contributed by atoms with Crippen molar-refractivity contribution in [3.8, 4) is 0 Å². The van der Waals surface area contributed by atoms with Gasteiger partial charge in [-0.05, 0) is 18.4 Å². The molecule has 0 aromatic carbocycles. The van der Waals surface area contributed by atoms with E-state index in [1.165, 1.54) is 25.0 Å². The van der Waals surface area contributed by atoms with Crippen LogP contribution in [0.4, 0.5) is 0 Å². The molecular formula is C7H14N2S2. The number of thioether (sulfide) groups is 1. The van der Waals surface area contributed by atoms with Crippen molar-refractivity contribution in [2.75, 3.05) is 11.6 Å². The molecular weight excluding hydrogens is 176 g/mol. The molecule has 1 aliphatic rings. The van der Waals surface area contributed by atoms with E-state index in [1.807, 2.05) is 17.5 Å². The Bertz CT molecular complexity index is 128. The molecule has 0 amide bonds. The summed E-state index contributed by atoms with van der Waals surface area (Å²) in [6, 6.07) is 0. The van der Waals surface area contributed by atoms with E-state index in [2.05, 4.69) is 16.4 Å². The highest BCUT2D eigenvalue weighted by molar-refractivity contribution is 8.13. The number of hydrogen-bond donors (Lipinski definition) is 0. The maximum atomic E-state index is 4.17. The Labute approximate surface area is 76.9 Å². The monoisotopic (exact) mass is 190 g/mol. The van der Waals surface area contributed by atoms with Crippen molar-refractivity contribution < 1.29 is 0 Å². The first-order valence-corrected chi connectivity index (χ1v) is 5.97. The van der Waals surface area contributed by atoms with E-state index in [0.717, 1.165) is 5.88 Å². The molecule has 0 saturated carbocycles. The van der Waals surface area contributed by atoms with Gasteiger partial charge >= 0.3 is 0 Å². The molecule has 4 heteroatoms. The first-order valence-electron chi connectivity index (χ1n) is 3.98. The number of nitrogens with zero attached hydrogens (tertiary/aromatic N) is 2. The van der Waals surface area contributed by atoms with E-state index in [-0.39, 0.29) is 0 Å². The molecule has 0 atom stereocenters. The third-order valence-electron chi connectivity index (χ3n) is 1.42. The Hall–Kier alpha value is 0.170. The predicted molar refractivity (Wildman–Crippen MR) is 54.8 cm³/mol. The molecule has 0 aromatic heterocycles. The van der Waals surface area contributed by atoms with Gasteiger partial charge in [-0.2, -0.15) is 5.10 Å². The van der Waals surface area contributed by atoms with Gasteiger partial charge < -0.3 is 0 Å². The van der Waals surface area contributed by atoms with Crippen LogP contribution in [0.25, 0.3) is 0 Å². The lowest BCUT2D eigenvalue weighted by Gasteiger charge is -2.09. The fourth-order valence-corrected chi connectivity index (χ4v) is 2.45. The van der Waals surface area contributed by atoms with Crippen molar-refractivity contribution in [1.29, 1.82) is 0 Å². The predicted octanol–water partition coefficient (Wildman–Crippen LogP) is 2.77. The summed E-state index contributed by atoms with van der Waals surface area (Å²) in [6.45, 7) is 2.23. The summed E-state index contributed by atoms with van der Waals surface area (Å²) in [6.07, 6.45) is 3.97. The van der Waals surface area contributed by atoms with Crippen LogP contribution in [-0.2, 0) is 0 Å². The number of hydrogen-bond acceptors (Lipinski definition) is 4. The second-order valence-electron chi connectivity index (χ2n) is 2.41. The van der Waals surface area contributed by atoms with Gasteiger partial charge in [0, 0.05) is 5.75 Å². The van der Waals surface area contributed by atoms with Gasteiger partial charge in [0.05, 0.1) is 11.4 Å². The summed E-state index contributed by atoms with van der Waals surface area (Å²) in [5, 5.41) is 4.17. The molecule has 11 heavy (non-hydrogen) atoms. The second-order valence-corrected chi connectivity index (χ2v) is 4.30. The Kier molecular flexibility index (Phi) is 4.86. The maximum Gasteiger partial charge on any atom is 0.0991 e. The van der Waals surface area contributed by atoms with Crippen LogP contribution in [0.15, 0.2) is 5.10 Å². The third kappa shape index (κ3) is 3.91. The highest BCUT2D eigenvalue weighted by Crippen LogP contribution is 2.20. The van der Waals surface area contributed by atoms with Gasteiger partial charge in [-0.1, -0.05) is 31.5 Å². The fraction of sp³-hybridized carbons (Fsp3) is 0.857. The van der Waals surface area contributed by atoms with E-state index in [4.69, 9.17) is 0 Å². The third-order valence-corrected chi connectivity index (χ3v) is 3.22. The van der Waals surface area contributed by atoms with E-state index in [1.54, 1.807) is 11.8 Å². The van der Waals surface area contributed by atoms with Gasteiger partial charge in [-0.25, -0.2) is 4.41 Å². The van der Waals surface area contributed by atoms with Gasteiger partial charge in [-0.15, -0.1) is 0 Å². The van der Waals surface area contributed by atoms with Crippen molar-refractivity contribution in [2.24, 2.45) is 5.10 Å². The lowest BCUT2D eigenvalue weighted by Crippen LogP contribution is -2.02. The van der Waals surface area contributed by atoms with Gasteiger partial charge in [0.25, 0.3) is 0 Å². The molecule has 0 spiro atoms. The molecule has 1 aliphatic heterocycles. The number of unbranched alkanes of at least 4 members (excludes halogenated alkanes) is 2. The smallest absolute Gasteiger partial charge is 0.0991 e. The molecule has 64 valence electrons. The van der Waals surface area contributed by atoms with Crippen LogP contribution in [0.3, 0.4) is 0 Å². The Morgan fingerprint density at radius 2 is 2.55 bits per heavy atom. The minimum atomic E-state index is 1.02. The summed E-state index contributed by atoms with van der Waals surface area (Å²) in [5.74, 6) is 2.24. The highest BCUT2D eigenvalue weighted by Gasteiger charge is 2.05. The normalized spacial score (nSPS) is 16.3. The van der Waals surface area contributed by atoms with Crippen molar-refractivity contribution >= 4 is 29.3 Å². The van der Waals surface area contributed by atoms with Crippen LogP contribution >= 0.6 is 23.7 Å². The average Bonchev–Trinajstić information content (AvgIpc) is 2.50. The van der Waals surface area contributed by atoms with Crippen LogP contribution in [0.2, 0.25) is 0 Å². The summed E-state index contributed by atoms with van der Waals surface area (Å²) < 4.78 is 2.06. The van der Waals surface area contributed by atoms with Gasteiger partial charge in [0.15, 0.2) is 0 Å². The molecule has 0 bridgehead atoms. The Morgan fingerprint density at radius 1 is 1.64 bits per heavy atom. The van der Waals surface area contributed by atoms with E-state index < -0.39 is 0 Å². The minimum Gasteiger partial charge on any atom is -0.228 e. The minimum absolute atomic E-state index is 1.02. The summed E-state index contributed by atoms with van der Waals surface area (Å²) in [4.78, 5) is 0. The first kappa shape index (κ1) is 9.26. The fourth-order valence-electron chi connectivity index (χ4n) is 0.809. The Balaban J connectivity index is 1.90. The van der Waals surface area contributed by atoms with Crippen LogP contribution < -0.4 is 0 Å². The zero-order chi connectivity index (χ0) is 7.94. The molecule has 0 aromatic rings. The highest BCUT2D eigenvalue weighted by atomic mass is 32.2. The summed E-state index contributed by atoms with van der Waals surface area (Å²) in [5.41, 5.74) is 1.91. The molecule has 0 saturated heterocycles. The molecule has 0 radical (unpaired) electrons.